The van der Waals surface area contributed by atoms with Crippen LogP contribution < -0.4 is 4.74 Å². The van der Waals surface area contributed by atoms with Crippen LogP contribution in [-0.2, 0) is 15.6 Å². The summed E-state index contributed by atoms with van der Waals surface area (Å²) in [5.74, 6) is 0.350. The van der Waals surface area contributed by atoms with Crippen molar-refractivity contribution < 1.29 is 14.3 Å². The van der Waals surface area contributed by atoms with Crippen LogP contribution in [0.3, 0.4) is 0 Å². The summed E-state index contributed by atoms with van der Waals surface area (Å²) >= 11 is 0. The van der Waals surface area contributed by atoms with E-state index in [0.717, 1.165) is 17.0 Å². The number of benzene rings is 2. The van der Waals surface area contributed by atoms with Crippen molar-refractivity contribution in [3.63, 3.8) is 0 Å². The number of rotatable bonds is 3. The number of nitrogens with zero attached hydrogens (tertiary/aromatic N) is 3. The number of carbonyl (C=O) groups excluding carboxylic acids is 1. The van der Waals surface area contributed by atoms with Gasteiger partial charge in [-0.15, -0.1) is 15.0 Å². The van der Waals surface area contributed by atoms with Crippen LogP contribution in [0.2, 0.25) is 0 Å². The molecular formula is C23H29N3O3. The third kappa shape index (κ3) is 3.97. The van der Waals surface area contributed by atoms with Crippen LogP contribution in [-0.4, -0.2) is 35.2 Å². The molecule has 0 aliphatic carbocycles. The van der Waals surface area contributed by atoms with Gasteiger partial charge in [0.25, 0.3) is 0 Å². The Bertz CT molecular complexity index is 1070. The zero-order valence-corrected chi connectivity index (χ0v) is 18.5. The van der Waals surface area contributed by atoms with E-state index in [1.807, 2.05) is 0 Å². The molecule has 0 atom stereocenters. The number of fused-ring (bicyclic) bond motifs is 1. The Kier molecular flexibility index (Phi) is 5.15. The second kappa shape index (κ2) is 7.17. The second-order valence-corrected chi connectivity index (χ2v) is 9.26. The normalized spacial score (nSPS) is 12.3. The highest BCUT2D eigenvalue weighted by molar-refractivity contribution is 5.93. The van der Waals surface area contributed by atoms with E-state index in [0.29, 0.717) is 16.6 Å². The van der Waals surface area contributed by atoms with Crippen molar-refractivity contribution in [3.05, 3.63) is 47.0 Å². The van der Waals surface area contributed by atoms with E-state index < -0.39 is 5.97 Å². The van der Waals surface area contributed by atoms with Crippen molar-refractivity contribution in [2.75, 3.05) is 14.2 Å². The van der Waals surface area contributed by atoms with Gasteiger partial charge in [0, 0.05) is 5.56 Å². The summed E-state index contributed by atoms with van der Waals surface area (Å²) in [6, 6.07) is 9.44. The quantitative estimate of drug-likeness (QED) is 0.595. The zero-order valence-electron chi connectivity index (χ0n) is 18.5. The maximum Gasteiger partial charge on any atom is 0.337 e. The summed E-state index contributed by atoms with van der Waals surface area (Å²) in [4.78, 5) is 13.4. The predicted octanol–water partition coefficient (Wildman–Crippen LogP) is 4.81. The average molecular weight is 396 g/mol. The lowest BCUT2D eigenvalue weighted by molar-refractivity contribution is 0.0601. The molecule has 1 aromatic heterocycles. The molecule has 0 N–H and O–H groups in total. The Morgan fingerprint density at radius 3 is 2.10 bits per heavy atom. The molecular weight excluding hydrogens is 366 g/mol. The van der Waals surface area contributed by atoms with Crippen LogP contribution in [0.4, 0.5) is 0 Å². The third-order valence-electron chi connectivity index (χ3n) is 4.96. The maximum absolute atomic E-state index is 11.8. The molecule has 0 saturated carbocycles. The number of aromatic nitrogens is 3. The zero-order chi connectivity index (χ0) is 21.6. The van der Waals surface area contributed by atoms with Gasteiger partial charge in [-0.25, -0.2) is 4.79 Å². The van der Waals surface area contributed by atoms with Gasteiger partial charge in [0.1, 0.15) is 22.5 Å². The van der Waals surface area contributed by atoms with Crippen molar-refractivity contribution >= 4 is 17.0 Å². The van der Waals surface area contributed by atoms with Crippen LogP contribution >= 0.6 is 0 Å². The van der Waals surface area contributed by atoms with Gasteiger partial charge in [-0.2, -0.15) is 0 Å². The Balaban J connectivity index is 2.27. The highest BCUT2D eigenvalue weighted by Crippen LogP contribution is 2.39. The summed E-state index contributed by atoms with van der Waals surface area (Å²) in [5.41, 5.74) is 4.64. The maximum atomic E-state index is 11.8. The largest absolute Gasteiger partial charge is 0.494 e. The SMILES string of the molecule is COC(=O)c1ccc2nn(-c3cc(C(C)(C)C)cc(C(C)(C)C)c3OC)nc2c1. The van der Waals surface area contributed by atoms with Crippen LogP contribution in [0.5, 0.6) is 5.75 Å². The monoisotopic (exact) mass is 395 g/mol. The lowest BCUT2D eigenvalue weighted by atomic mass is 9.79. The van der Waals surface area contributed by atoms with E-state index >= 15 is 0 Å². The minimum absolute atomic E-state index is 0.0499. The summed E-state index contributed by atoms with van der Waals surface area (Å²) < 4.78 is 10.6. The molecule has 29 heavy (non-hydrogen) atoms. The first-order valence-electron chi connectivity index (χ1n) is 9.64. The fourth-order valence-electron chi connectivity index (χ4n) is 3.23. The van der Waals surface area contributed by atoms with Gasteiger partial charge in [-0.05, 0) is 40.7 Å². The fourth-order valence-corrected chi connectivity index (χ4v) is 3.23. The molecule has 1 heterocycles. The van der Waals surface area contributed by atoms with E-state index in [1.165, 1.54) is 12.7 Å². The summed E-state index contributed by atoms with van der Waals surface area (Å²) in [6.07, 6.45) is 0. The Morgan fingerprint density at radius 1 is 0.897 bits per heavy atom. The van der Waals surface area contributed by atoms with Gasteiger partial charge in [-0.3, -0.25) is 0 Å². The molecule has 6 heteroatoms. The molecule has 154 valence electrons. The number of hydrogen-bond donors (Lipinski definition) is 0. The second-order valence-electron chi connectivity index (χ2n) is 9.26. The van der Waals surface area contributed by atoms with Crippen molar-refractivity contribution in [3.8, 4) is 11.4 Å². The molecule has 0 radical (unpaired) electrons. The standard InChI is InChI=1S/C23H29N3O3/c1-22(2,3)15-12-16(23(4,5)6)20(28-7)19(13-15)26-24-17-10-9-14(21(27)29-8)11-18(17)25-26/h9-13H,1-8H3. The topological polar surface area (TPSA) is 66.2 Å². The third-order valence-corrected chi connectivity index (χ3v) is 4.96. The first-order chi connectivity index (χ1) is 13.5. The minimum Gasteiger partial charge on any atom is -0.494 e. The van der Waals surface area contributed by atoms with Crippen LogP contribution in [0.15, 0.2) is 30.3 Å². The number of ether oxygens (including phenoxy) is 2. The van der Waals surface area contributed by atoms with Crippen molar-refractivity contribution in [1.82, 2.24) is 15.0 Å². The van der Waals surface area contributed by atoms with E-state index in [-0.39, 0.29) is 10.8 Å². The first-order valence-corrected chi connectivity index (χ1v) is 9.64. The van der Waals surface area contributed by atoms with Crippen LogP contribution in [0.25, 0.3) is 16.7 Å². The molecule has 6 nitrogen and oxygen atoms in total. The number of methoxy groups -OCH3 is 2. The van der Waals surface area contributed by atoms with Crippen molar-refractivity contribution in [2.24, 2.45) is 0 Å². The lowest BCUT2D eigenvalue weighted by Crippen LogP contribution is -2.19. The first kappa shape index (κ1) is 20.8. The molecule has 0 saturated heterocycles. The Morgan fingerprint density at radius 2 is 1.55 bits per heavy atom. The van der Waals surface area contributed by atoms with Gasteiger partial charge >= 0.3 is 5.97 Å². The Hall–Kier alpha value is -2.89. The van der Waals surface area contributed by atoms with Gasteiger partial charge in [0.2, 0.25) is 0 Å². The molecule has 0 aliphatic heterocycles. The van der Waals surface area contributed by atoms with E-state index in [4.69, 9.17) is 9.47 Å². The van der Waals surface area contributed by atoms with Crippen molar-refractivity contribution in [1.29, 1.82) is 0 Å². The predicted molar refractivity (Wildman–Crippen MR) is 114 cm³/mol. The average Bonchev–Trinajstić information content (AvgIpc) is 3.07. The summed E-state index contributed by atoms with van der Waals surface area (Å²) in [7, 11) is 3.03. The fraction of sp³-hybridized carbons (Fsp3) is 0.435. The Labute approximate surface area is 171 Å². The highest BCUT2D eigenvalue weighted by Gasteiger charge is 2.27. The molecule has 3 rings (SSSR count). The summed E-state index contributed by atoms with van der Waals surface area (Å²) in [6.45, 7) is 13.0. The molecule has 0 unspecified atom stereocenters. The van der Waals surface area contributed by atoms with Crippen molar-refractivity contribution in [2.45, 2.75) is 52.4 Å². The highest BCUT2D eigenvalue weighted by atomic mass is 16.5. The number of esters is 1. The van der Waals surface area contributed by atoms with Crippen LogP contribution in [0, 0.1) is 0 Å². The van der Waals surface area contributed by atoms with E-state index in [9.17, 15) is 4.79 Å². The molecule has 0 amide bonds. The molecule has 0 fully saturated rings. The molecule has 0 aliphatic rings. The van der Waals surface area contributed by atoms with E-state index in [2.05, 4.69) is 63.9 Å². The lowest BCUT2D eigenvalue weighted by Gasteiger charge is -2.28. The van der Waals surface area contributed by atoms with Gasteiger partial charge in [0.05, 0.1) is 19.8 Å². The molecule has 3 aromatic rings. The van der Waals surface area contributed by atoms with Gasteiger partial charge in [0.15, 0.2) is 0 Å². The van der Waals surface area contributed by atoms with Gasteiger partial charge in [-0.1, -0.05) is 47.6 Å². The van der Waals surface area contributed by atoms with Crippen LogP contribution in [0.1, 0.15) is 63.0 Å². The molecule has 0 bridgehead atoms. The molecule has 0 spiro atoms. The number of carbonyl (C=O) groups is 1. The minimum atomic E-state index is -0.399. The smallest absolute Gasteiger partial charge is 0.337 e. The summed E-state index contributed by atoms with van der Waals surface area (Å²) in [5, 5.41) is 9.27. The van der Waals surface area contributed by atoms with Gasteiger partial charge < -0.3 is 9.47 Å². The number of hydrogen-bond acceptors (Lipinski definition) is 5. The molecule has 2 aromatic carbocycles. The van der Waals surface area contributed by atoms with E-state index in [1.54, 1.807) is 30.1 Å².